The highest BCUT2D eigenvalue weighted by atomic mass is 19.1. The molecule has 0 atom stereocenters. The second-order valence-corrected chi connectivity index (χ2v) is 3.75. The maximum Gasteiger partial charge on any atom is 0.271 e. The number of carbonyl (C=O) groups excluding carboxylic acids is 1. The van der Waals surface area contributed by atoms with Crippen LogP contribution in [0.25, 0.3) is 10.9 Å². The molecule has 0 aliphatic carbocycles. The van der Waals surface area contributed by atoms with Crippen LogP contribution >= 0.6 is 0 Å². The van der Waals surface area contributed by atoms with E-state index in [1.165, 1.54) is 18.3 Å². The van der Waals surface area contributed by atoms with Crippen LogP contribution < -0.4 is 16.0 Å². The molecular weight excluding hydrogens is 237 g/mol. The fourth-order valence-electron chi connectivity index (χ4n) is 1.64. The normalized spacial score (nSPS) is 10.4. The number of hydrazine groups is 1. The second-order valence-electron chi connectivity index (χ2n) is 3.75. The van der Waals surface area contributed by atoms with Crippen LogP contribution in [-0.4, -0.2) is 17.5 Å². The van der Waals surface area contributed by atoms with Crippen molar-refractivity contribution in [2.24, 2.45) is 5.84 Å². The number of aromatic nitrogens is 1. The fourth-order valence-corrected chi connectivity index (χ4v) is 1.64. The first kappa shape index (κ1) is 12.3. The second kappa shape index (κ2) is 4.97. The van der Waals surface area contributed by atoms with Gasteiger partial charge in [-0.2, -0.15) is 0 Å². The number of nitrogens with one attached hydrogen (secondary N) is 1. The molecule has 0 bridgehead atoms. The predicted octanol–water partition coefficient (Wildman–Crippen LogP) is 1.05. The van der Waals surface area contributed by atoms with Crippen LogP contribution in [0, 0.1) is 12.7 Å². The molecule has 6 heteroatoms. The smallest absolute Gasteiger partial charge is 0.271 e. The molecule has 1 amide bonds. The highest BCUT2D eigenvalue weighted by Crippen LogP contribution is 2.28. The highest BCUT2D eigenvalue weighted by molar-refractivity contribution is 5.88. The number of hydrogen-bond acceptors (Lipinski definition) is 4. The van der Waals surface area contributed by atoms with Crippen molar-refractivity contribution in [3.63, 3.8) is 0 Å². The number of aryl methyl sites for hydroxylation is 1. The van der Waals surface area contributed by atoms with Crippen molar-refractivity contribution in [2.45, 2.75) is 6.92 Å². The van der Waals surface area contributed by atoms with Gasteiger partial charge in [0.2, 0.25) is 0 Å². The summed E-state index contributed by atoms with van der Waals surface area (Å²) in [5.74, 6) is 4.27. The third kappa shape index (κ3) is 2.23. The molecule has 2 aromatic rings. The van der Waals surface area contributed by atoms with Gasteiger partial charge in [-0.25, -0.2) is 10.2 Å². The van der Waals surface area contributed by atoms with E-state index in [-0.39, 0.29) is 17.7 Å². The number of carbonyl (C=O) groups is 1. The molecule has 18 heavy (non-hydrogen) atoms. The first-order chi connectivity index (χ1) is 8.63. The third-order valence-electron chi connectivity index (χ3n) is 2.52. The molecule has 0 spiro atoms. The number of nitrogens with zero attached hydrogens (tertiary/aromatic N) is 1. The van der Waals surface area contributed by atoms with Gasteiger partial charge in [-0.15, -0.1) is 0 Å². The summed E-state index contributed by atoms with van der Waals surface area (Å²) in [7, 11) is 0. The van der Waals surface area contributed by atoms with E-state index in [2.05, 4.69) is 4.98 Å². The monoisotopic (exact) mass is 249 g/mol. The van der Waals surface area contributed by atoms with Gasteiger partial charge < -0.3 is 4.74 Å². The minimum absolute atomic E-state index is 0.266. The van der Waals surface area contributed by atoms with Crippen LogP contribution in [0.3, 0.4) is 0 Å². The minimum Gasteiger partial charge on any atom is -0.483 e. The van der Waals surface area contributed by atoms with Crippen molar-refractivity contribution in [2.75, 3.05) is 6.61 Å². The van der Waals surface area contributed by atoms with Crippen LogP contribution in [0.2, 0.25) is 0 Å². The van der Waals surface area contributed by atoms with E-state index in [1.807, 2.05) is 12.3 Å². The molecule has 1 aromatic carbocycles. The Balaban J connectivity index is 2.45. The van der Waals surface area contributed by atoms with Crippen molar-refractivity contribution in [1.29, 1.82) is 0 Å². The quantitative estimate of drug-likeness (QED) is 0.484. The molecule has 0 unspecified atom stereocenters. The minimum atomic E-state index is -0.493. The molecule has 0 aliphatic heterocycles. The van der Waals surface area contributed by atoms with Crippen molar-refractivity contribution >= 4 is 16.8 Å². The summed E-state index contributed by atoms with van der Waals surface area (Å²) in [6, 6.07) is 4.49. The molecule has 0 saturated carbocycles. The summed E-state index contributed by atoms with van der Waals surface area (Å²) in [6.45, 7) is 1.55. The van der Waals surface area contributed by atoms with Gasteiger partial charge in [-0.1, -0.05) is 6.07 Å². The maximum absolute atomic E-state index is 13.8. The van der Waals surface area contributed by atoms with Crippen LogP contribution in [0.5, 0.6) is 5.75 Å². The van der Waals surface area contributed by atoms with Crippen molar-refractivity contribution < 1.29 is 13.9 Å². The SMILES string of the molecule is Cc1ccc(F)c2c(OCC(=O)NN)ccnc12. The van der Waals surface area contributed by atoms with E-state index in [0.29, 0.717) is 5.52 Å². The lowest BCUT2D eigenvalue weighted by atomic mass is 10.1. The van der Waals surface area contributed by atoms with Crippen molar-refractivity contribution in [1.82, 2.24) is 10.4 Å². The molecule has 2 rings (SSSR count). The average Bonchev–Trinajstić information content (AvgIpc) is 2.40. The van der Waals surface area contributed by atoms with Crippen molar-refractivity contribution in [3.8, 4) is 5.75 Å². The van der Waals surface area contributed by atoms with E-state index in [9.17, 15) is 9.18 Å². The Morgan fingerprint density at radius 1 is 1.50 bits per heavy atom. The van der Waals surface area contributed by atoms with Crippen LogP contribution in [-0.2, 0) is 4.79 Å². The number of pyridine rings is 1. The molecular formula is C12H12FN3O2. The first-order valence-electron chi connectivity index (χ1n) is 5.29. The molecule has 3 N–H and O–H groups in total. The van der Waals surface area contributed by atoms with Gasteiger partial charge in [0, 0.05) is 6.20 Å². The van der Waals surface area contributed by atoms with E-state index in [1.54, 1.807) is 6.07 Å². The van der Waals surface area contributed by atoms with E-state index in [0.717, 1.165) is 5.56 Å². The third-order valence-corrected chi connectivity index (χ3v) is 2.52. The molecule has 1 heterocycles. The van der Waals surface area contributed by atoms with Gasteiger partial charge >= 0.3 is 0 Å². The summed E-state index contributed by atoms with van der Waals surface area (Å²) < 4.78 is 19.0. The van der Waals surface area contributed by atoms with E-state index in [4.69, 9.17) is 10.6 Å². The Morgan fingerprint density at radius 2 is 2.28 bits per heavy atom. The molecule has 5 nitrogen and oxygen atoms in total. The molecule has 0 saturated heterocycles. The summed E-state index contributed by atoms with van der Waals surface area (Å²) in [4.78, 5) is 15.1. The molecule has 0 fully saturated rings. The molecule has 0 aliphatic rings. The van der Waals surface area contributed by atoms with Gasteiger partial charge in [0.25, 0.3) is 5.91 Å². The topological polar surface area (TPSA) is 77.2 Å². The fraction of sp³-hybridized carbons (Fsp3) is 0.167. The number of ether oxygens (including phenoxy) is 1. The Hall–Kier alpha value is -2.21. The Morgan fingerprint density at radius 3 is 3.00 bits per heavy atom. The summed E-state index contributed by atoms with van der Waals surface area (Å²) in [6.07, 6.45) is 1.50. The Labute approximate surface area is 103 Å². The summed E-state index contributed by atoms with van der Waals surface area (Å²) in [5.41, 5.74) is 3.28. The number of halogens is 1. The maximum atomic E-state index is 13.8. The zero-order chi connectivity index (χ0) is 13.1. The number of benzene rings is 1. The largest absolute Gasteiger partial charge is 0.483 e. The highest BCUT2D eigenvalue weighted by Gasteiger charge is 2.11. The van der Waals surface area contributed by atoms with Crippen LogP contribution in [0.4, 0.5) is 4.39 Å². The summed E-state index contributed by atoms with van der Waals surface area (Å²) >= 11 is 0. The number of amides is 1. The van der Waals surface area contributed by atoms with Gasteiger partial charge in [-0.3, -0.25) is 15.2 Å². The molecule has 1 aromatic heterocycles. The van der Waals surface area contributed by atoms with Crippen molar-refractivity contribution in [3.05, 3.63) is 35.8 Å². The standard InChI is InChI=1S/C12H12FN3O2/c1-7-2-3-8(13)11-9(4-5-15-12(7)11)18-6-10(17)16-14/h2-5H,6,14H2,1H3,(H,16,17). The lowest BCUT2D eigenvalue weighted by Crippen LogP contribution is -2.34. The number of hydrogen-bond donors (Lipinski definition) is 2. The van der Waals surface area contributed by atoms with E-state index >= 15 is 0 Å². The van der Waals surface area contributed by atoms with Crippen LogP contribution in [0.15, 0.2) is 24.4 Å². The lowest BCUT2D eigenvalue weighted by molar-refractivity contribution is -0.123. The zero-order valence-corrected chi connectivity index (χ0v) is 9.74. The Kier molecular flexibility index (Phi) is 3.38. The number of rotatable bonds is 3. The predicted molar refractivity (Wildman–Crippen MR) is 64.3 cm³/mol. The number of fused-ring (bicyclic) bond motifs is 1. The molecule has 0 radical (unpaired) electrons. The number of nitrogens with two attached hydrogens (primary N) is 1. The van der Waals surface area contributed by atoms with Gasteiger partial charge in [0.05, 0.1) is 10.9 Å². The first-order valence-corrected chi connectivity index (χ1v) is 5.29. The van der Waals surface area contributed by atoms with E-state index < -0.39 is 11.7 Å². The van der Waals surface area contributed by atoms with Gasteiger partial charge in [0.1, 0.15) is 11.6 Å². The van der Waals surface area contributed by atoms with Gasteiger partial charge in [0.15, 0.2) is 6.61 Å². The Bertz CT molecular complexity index is 601. The summed E-state index contributed by atoms with van der Waals surface area (Å²) in [5, 5.41) is 0.266. The zero-order valence-electron chi connectivity index (χ0n) is 9.74. The van der Waals surface area contributed by atoms with Gasteiger partial charge in [-0.05, 0) is 24.6 Å². The average molecular weight is 249 g/mol. The van der Waals surface area contributed by atoms with Crippen LogP contribution in [0.1, 0.15) is 5.56 Å². The molecule has 94 valence electrons. The lowest BCUT2D eigenvalue weighted by Gasteiger charge is -2.09.